The Labute approximate surface area is 152 Å². The van der Waals surface area contributed by atoms with Crippen LogP contribution in [-0.4, -0.2) is 8.32 Å². The second-order valence-corrected chi connectivity index (χ2v) is 12.2. The van der Waals surface area contributed by atoms with Gasteiger partial charge < -0.3 is 4.43 Å². The van der Waals surface area contributed by atoms with Crippen LogP contribution in [0, 0.1) is 5.41 Å². The molecule has 0 saturated carbocycles. The molecule has 0 radical (unpaired) electrons. The van der Waals surface area contributed by atoms with Crippen LogP contribution < -0.4 is 0 Å². The van der Waals surface area contributed by atoms with Gasteiger partial charge in [-0.1, -0.05) is 91.4 Å². The standard InChI is InChI=1S/C22H40OSi/c1-7-10-17-24(18-11-8-2,19-12-9-3)23-21-14-16-22(5,6)15-13-20(21)4/h13-16H,7-12,17-19H2,1-6H3. The van der Waals surface area contributed by atoms with Gasteiger partial charge in [0.25, 0.3) is 8.32 Å². The fourth-order valence-electron chi connectivity index (χ4n) is 3.27. The molecule has 0 aromatic rings. The molecule has 0 aromatic carbocycles. The third-order valence-corrected chi connectivity index (χ3v) is 9.55. The monoisotopic (exact) mass is 348 g/mol. The Morgan fingerprint density at radius 3 is 1.75 bits per heavy atom. The molecule has 138 valence electrons. The van der Waals surface area contributed by atoms with Crippen molar-refractivity contribution in [3.05, 3.63) is 35.6 Å². The van der Waals surface area contributed by atoms with Crippen LogP contribution in [0.15, 0.2) is 35.6 Å². The van der Waals surface area contributed by atoms with E-state index in [1.807, 2.05) is 0 Å². The number of rotatable bonds is 11. The van der Waals surface area contributed by atoms with E-state index in [-0.39, 0.29) is 5.41 Å². The van der Waals surface area contributed by atoms with Crippen LogP contribution in [0.1, 0.15) is 80.1 Å². The van der Waals surface area contributed by atoms with Gasteiger partial charge in [-0.3, -0.25) is 0 Å². The maximum absolute atomic E-state index is 6.95. The first-order valence-electron chi connectivity index (χ1n) is 10.2. The van der Waals surface area contributed by atoms with Crippen molar-refractivity contribution < 1.29 is 4.43 Å². The molecule has 1 nitrogen and oxygen atoms in total. The first-order valence-corrected chi connectivity index (χ1v) is 12.7. The summed E-state index contributed by atoms with van der Waals surface area (Å²) in [6.45, 7) is 13.6. The molecule has 1 rings (SSSR count). The summed E-state index contributed by atoms with van der Waals surface area (Å²) < 4.78 is 6.95. The van der Waals surface area contributed by atoms with E-state index in [2.05, 4.69) is 65.8 Å². The SMILES string of the molecule is CCCC[Si](CCCC)(CCCC)OC1=C(C)C=CC(C)(C)C=C1. The molecule has 0 atom stereocenters. The van der Waals surface area contributed by atoms with Gasteiger partial charge in [0, 0.05) is 5.41 Å². The smallest absolute Gasteiger partial charge is 0.251 e. The molecule has 0 N–H and O–H groups in total. The highest BCUT2D eigenvalue weighted by Crippen LogP contribution is 2.34. The molecular formula is C22H40OSi. The molecule has 0 spiro atoms. The Balaban J connectivity index is 3.05. The Bertz CT molecular complexity index is 435. The summed E-state index contributed by atoms with van der Waals surface area (Å²) in [6, 6.07) is 3.96. The van der Waals surface area contributed by atoms with Gasteiger partial charge in [-0.15, -0.1) is 0 Å². The zero-order valence-corrected chi connectivity index (χ0v) is 18.1. The maximum atomic E-state index is 6.95. The second kappa shape index (κ2) is 10.3. The van der Waals surface area contributed by atoms with E-state index in [1.54, 1.807) is 0 Å². The number of unbranched alkanes of at least 4 members (excludes halogenated alkanes) is 3. The van der Waals surface area contributed by atoms with E-state index in [1.165, 1.54) is 62.2 Å². The Hall–Kier alpha value is -0.763. The van der Waals surface area contributed by atoms with E-state index in [0.29, 0.717) is 0 Å². The zero-order valence-electron chi connectivity index (χ0n) is 17.1. The number of hydrogen-bond donors (Lipinski definition) is 0. The van der Waals surface area contributed by atoms with Crippen LogP contribution in [-0.2, 0) is 4.43 Å². The summed E-state index contributed by atoms with van der Waals surface area (Å²) in [6.07, 6.45) is 16.9. The zero-order chi connectivity index (χ0) is 18.1. The summed E-state index contributed by atoms with van der Waals surface area (Å²) in [5.74, 6) is 1.15. The average Bonchev–Trinajstić information content (AvgIpc) is 2.69. The van der Waals surface area contributed by atoms with Gasteiger partial charge in [0.05, 0.1) is 0 Å². The molecule has 1 aliphatic carbocycles. The predicted octanol–water partition coefficient (Wildman–Crippen LogP) is 7.78. The normalized spacial score (nSPS) is 17.2. The minimum Gasteiger partial charge on any atom is -0.543 e. The van der Waals surface area contributed by atoms with Crippen LogP contribution in [0.4, 0.5) is 0 Å². The van der Waals surface area contributed by atoms with E-state index in [4.69, 9.17) is 4.43 Å². The number of hydrogen-bond acceptors (Lipinski definition) is 1. The average molecular weight is 349 g/mol. The Kier molecular flexibility index (Phi) is 9.11. The first-order chi connectivity index (χ1) is 11.4. The highest BCUT2D eigenvalue weighted by molar-refractivity contribution is 6.74. The van der Waals surface area contributed by atoms with Crippen molar-refractivity contribution in [1.29, 1.82) is 0 Å². The largest absolute Gasteiger partial charge is 0.543 e. The van der Waals surface area contributed by atoms with Crippen molar-refractivity contribution in [2.24, 2.45) is 5.41 Å². The fourth-order valence-corrected chi connectivity index (χ4v) is 8.02. The predicted molar refractivity (Wildman–Crippen MR) is 111 cm³/mol. The summed E-state index contributed by atoms with van der Waals surface area (Å²) >= 11 is 0. The summed E-state index contributed by atoms with van der Waals surface area (Å²) in [5.41, 5.74) is 1.41. The topological polar surface area (TPSA) is 9.23 Å². The van der Waals surface area contributed by atoms with Crippen LogP contribution in [0.2, 0.25) is 18.1 Å². The van der Waals surface area contributed by atoms with Crippen molar-refractivity contribution in [2.75, 3.05) is 0 Å². The molecule has 0 saturated heterocycles. The van der Waals surface area contributed by atoms with E-state index < -0.39 is 8.32 Å². The lowest BCUT2D eigenvalue weighted by atomic mass is 9.93. The molecule has 2 heteroatoms. The van der Waals surface area contributed by atoms with Gasteiger partial charge in [-0.25, -0.2) is 0 Å². The van der Waals surface area contributed by atoms with E-state index in [9.17, 15) is 0 Å². The van der Waals surface area contributed by atoms with Gasteiger partial charge in [-0.2, -0.15) is 0 Å². The van der Waals surface area contributed by atoms with E-state index in [0.717, 1.165) is 5.76 Å². The lowest BCUT2D eigenvalue weighted by Crippen LogP contribution is -2.38. The van der Waals surface area contributed by atoms with Gasteiger partial charge in [-0.05, 0) is 36.7 Å². The quantitative estimate of drug-likeness (QED) is 0.346. The molecule has 1 aliphatic rings. The Morgan fingerprint density at radius 1 is 0.833 bits per heavy atom. The van der Waals surface area contributed by atoms with Crippen LogP contribution >= 0.6 is 0 Å². The lowest BCUT2D eigenvalue weighted by molar-refractivity contribution is 0.406. The highest BCUT2D eigenvalue weighted by atomic mass is 28.4. The highest BCUT2D eigenvalue weighted by Gasteiger charge is 2.35. The van der Waals surface area contributed by atoms with Gasteiger partial charge in [0.2, 0.25) is 0 Å². The van der Waals surface area contributed by atoms with Crippen molar-refractivity contribution in [2.45, 2.75) is 98.2 Å². The Morgan fingerprint density at radius 2 is 1.29 bits per heavy atom. The molecule has 24 heavy (non-hydrogen) atoms. The number of allylic oxidation sites excluding steroid dienone is 5. The molecule has 0 heterocycles. The molecule has 0 fully saturated rings. The van der Waals surface area contributed by atoms with E-state index >= 15 is 0 Å². The van der Waals surface area contributed by atoms with Gasteiger partial charge in [0.15, 0.2) is 0 Å². The first kappa shape index (κ1) is 21.3. The van der Waals surface area contributed by atoms with Crippen LogP contribution in [0.25, 0.3) is 0 Å². The fraction of sp³-hybridized carbons (Fsp3) is 0.727. The van der Waals surface area contributed by atoms with Crippen molar-refractivity contribution in [1.82, 2.24) is 0 Å². The minimum atomic E-state index is -1.70. The summed E-state index contributed by atoms with van der Waals surface area (Å²) in [5, 5.41) is 0. The van der Waals surface area contributed by atoms with Gasteiger partial charge >= 0.3 is 0 Å². The molecule has 0 bridgehead atoms. The van der Waals surface area contributed by atoms with Crippen molar-refractivity contribution >= 4 is 8.32 Å². The molecule has 0 amide bonds. The van der Waals surface area contributed by atoms with Crippen LogP contribution in [0.5, 0.6) is 0 Å². The maximum Gasteiger partial charge on any atom is 0.251 e. The minimum absolute atomic E-state index is 0.118. The molecule has 0 aliphatic heterocycles. The lowest BCUT2D eigenvalue weighted by Gasteiger charge is -2.33. The molecular weight excluding hydrogens is 308 g/mol. The van der Waals surface area contributed by atoms with Crippen molar-refractivity contribution in [3.63, 3.8) is 0 Å². The van der Waals surface area contributed by atoms with Crippen molar-refractivity contribution in [3.8, 4) is 0 Å². The molecule has 0 unspecified atom stereocenters. The third kappa shape index (κ3) is 7.00. The summed E-state index contributed by atoms with van der Waals surface area (Å²) in [7, 11) is -1.70. The second-order valence-electron chi connectivity index (χ2n) is 8.13. The molecule has 0 aromatic heterocycles. The third-order valence-electron chi connectivity index (χ3n) is 5.10. The van der Waals surface area contributed by atoms with Crippen LogP contribution in [0.3, 0.4) is 0 Å². The summed E-state index contributed by atoms with van der Waals surface area (Å²) in [4.78, 5) is 0. The van der Waals surface area contributed by atoms with Gasteiger partial charge in [0.1, 0.15) is 5.76 Å².